The van der Waals surface area contributed by atoms with Crippen molar-refractivity contribution < 1.29 is 9.53 Å². The predicted molar refractivity (Wildman–Crippen MR) is 85.0 cm³/mol. The molecular formula is C18H25NO2. The summed E-state index contributed by atoms with van der Waals surface area (Å²) < 4.78 is 5.58. The summed E-state index contributed by atoms with van der Waals surface area (Å²) >= 11 is 0. The highest BCUT2D eigenvalue weighted by molar-refractivity contribution is 5.69. The number of amides is 1. The van der Waals surface area contributed by atoms with Gasteiger partial charge in [-0.3, -0.25) is 4.90 Å². The average Bonchev–Trinajstić information content (AvgIpc) is 2.45. The van der Waals surface area contributed by atoms with Gasteiger partial charge in [-0.25, -0.2) is 4.79 Å². The Hall–Kier alpha value is -1.77. The summed E-state index contributed by atoms with van der Waals surface area (Å²) in [7, 11) is 0. The second-order valence-electron chi connectivity index (χ2n) is 6.52. The summed E-state index contributed by atoms with van der Waals surface area (Å²) in [6.07, 6.45) is 7.29. The molecule has 1 amide bonds. The molecule has 0 saturated carbocycles. The van der Waals surface area contributed by atoms with Gasteiger partial charge in [0.1, 0.15) is 5.60 Å². The van der Waals surface area contributed by atoms with Gasteiger partial charge >= 0.3 is 6.09 Å². The molecule has 0 heterocycles. The van der Waals surface area contributed by atoms with Gasteiger partial charge in [-0.2, -0.15) is 0 Å². The highest BCUT2D eigenvalue weighted by Crippen LogP contribution is 2.21. The van der Waals surface area contributed by atoms with Crippen molar-refractivity contribution in [1.29, 1.82) is 0 Å². The van der Waals surface area contributed by atoms with Gasteiger partial charge in [0.05, 0.1) is 6.04 Å². The van der Waals surface area contributed by atoms with Crippen LogP contribution in [0.15, 0.2) is 42.5 Å². The van der Waals surface area contributed by atoms with Crippen LogP contribution in [0.4, 0.5) is 4.79 Å². The van der Waals surface area contributed by atoms with E-state index in [9.17, 15) is 4.79 Å². The molecule has 3 heteroatoms. The van der Waals surface area contributed by atoms with E-state index in [1.54, 1.807) is 0 Å². The van der Waals surface area contributed by atoms with Crippen molar-refractivity contribution in [3.8, 4) is 0 Å². The van der Waals surface area contributed by atoms with Crippen LogP contribution in [0.3, 0.4) is 0 Å². The van der Waals surface area contributed by atoms with Crippen LogP contribution in [0.25, 0.3) is 0 Å². The van der Waals surface area contributed by atoms with Crippen molar-refractivity contribution in [3.05, 3.63) is 48.0 Å². The van der Waals surface area contributed by atoms with Crippen molar-refractivity contribution >= 4 is 6.09 Å². The number of rotatable bonds is 3. The number of allylic oxidation sites excluding steroid dienone is 1. The Kier molecular flexibility index (Phi) is 5.05. The van der Waals surface area contributed by atoms with Crippen LogP contribution >= 0.6 is 0 Å². The molecule has 3 nitrogen and oxygen atoms in total. The van der Waals surface area contributed by atoms with Gasteiger partial charge in [0.15, 0.2) is 0 Å². The van der Waals surface area contributed by atoms with Gasteiger partial charge in [-0.05, 0) is 45.6 Å². The summed E-state index contributed by atoms with van der Waals surface area (Å²) in [6, 6.07) is 10.2. The quantitative estimate of drug-likeness (QED) is 0.764. The molecule has 21 heavy (non-hydrogen) atoms. The average molecular weight is 287 g/mol. The molecular weight excluding hydrogens is 262 g/mol. The zero-order chi connectivity index (χ0) is 15.3. The molecule has 1 aromatic carbocycles. The number of nitrogens with zero attached hydrogens (tertiary/aromatic N) is 1. The van der Waals surface area contributed by atoms with E-state index >= 15 is 0 Å². The fraction of sp³-hybridized carbons (Fsp3) is 0.500. The Morgan fingerprint density at radius 2 is 2.00 bits per heavy atom. The molecule has 114 valence electrons. The first-order chi connectivity index (χ1) is 9.96. The molecule has 0 aliphatic heterocycles. The molecule has 1 aliphatic carbocycles. The predicted octanol–water partition coefficient (Wildman–Crippen LogP) is 4.53. The minimum absolute atomic E-state index is 0.133. The Balaban J connectivity index is 2.15. The van der Waals surface area contributed by atoms with Crippen LogP contribution in [-0.4, -0.2) is 22.6 Å². The number of benzene rings is 1. The minimum atomic E-state index is -0.468. The smallest absolute Gasteiger partial charge is 0.411 e. The number of ether oxygens (including phenoxy) is 1. The second kappa shape index (κ2) is 6.79. The van der Waals surface area contributed by atoms with Crippen molar-refractivity contribution in [1.82, 2.24) is 4.90 Å². The molecule has 0 radical (unpaired) electrons. The molecule has 0 saturated heterocycles. The number of carbonyl (C=O) groups excluding carboxylic acids is 1. The van der Waals surface area contributed by atoms with Gasteiger partial charge in [0.2, 0.25) is 0 Å². The molecule has 1 atom stereocenters. The van der Waals surface area contributed by atoms with Crippen molar-refractivity contribution in [2.75, 3.05) is 0 Å². The Labute approximate surface area is 127 Å². The fourth-order valence-electron chi connectivity index (χ4n) is 2.47. The summed E-state index contributed by atoms with van der Waals surface area (Å²) in [6.45, 7) is 6.30. The largest absolute Gasteiger partial charge is 0.444 e. The first-order valence-corrected chi connectivity index (χ1v) is 7.66. The van der Waals surface area contributed by atoms with Gasteiger partial charge in [0, 0.05) is 6.54 Å². The van der Waals surface area contributed by atoms with Crippen LogP contribution in [0.2, 0.25) is 0 Å². The van der Waals surface area contributed by atoms with Crippen molar-refractivity contribution in [2.24, 2.45) is 0 Å². The van der Waals surface area contributed by atoms with Crippen molar-refractivity contribution in [3.63, 3.8) is 0 Å². The van der Waals surface area contributed by atoms with Gasteiger partial charge in [-0.15, -0.1) is 0 Å². The topological polar surface area (TPSA) is 29.5 Å². The summed E-state index contributed by atoms with van der Waals surface area (Å²) in [5, 5.41) is 0. The maximum absolute atomic E-state index is 12.5. The van der Waals surface area contributed by atoms with Gasteiger partial charge < -0.3 is 4.74 Å². The molecule has 2 rings (SSSR count). The van der Waals surface area contributed by atoms with E-state index in [1.165, 1.54) is 0 Å². The van der Waals surface area contributed by atoms with Crippen LogP contribution in [0.5, 0.6) is 0 Å². The number of hydrogen-bond donors (Lipinski definition) is 0. The summed E-state index contributed by atoms with van der Waals surface area (Å²) in [5.74, 6) is 0. The first kappa shape index (κ1) is 15.6. The van der Waals surface area contributed by atoms with Crippen LogP contribution < -0.4 is 0 Å². The molecule has 0 N–H and O–H groups in total. The van der Waals surface area contributed by atoms with Crippen LogP contribution in [-0.2, 0) is 11.3 Å². The third-order valence-electron chi connectivity index (χ3n) is 3.45. The van der Waals surface area contributed by atoms with Crippen molar-refractivity contribution in [2.45, 2.75) is 58.2 Å². The zero-order valence-electron chi connectivity index (χ0n) is 13.2. The van der Waals surface area contributed by atoms with Gasteiger partial charge in [0.25, 0.3) is 0 Å². The second-order valence-corrected chi connectivity index (χ2v) is 6.52. The van der Waals surface area contributed by atoms with E-state index in [0.717, 1.165) is 24.8 Å². The minimum Gasteiger partial charge on any atom is -0.444 e. The normalized spacial score (nSPS) is 18.3. The lowest BCUT2D eigenvalue weighted by Gasteiger charge is -2.33. The summed E-state index contributed by atoms with van der Waals surface area (Å²) in [4.78, 5) is 14.4. The van der Waals surface area contributed by atoms with E-state index in [2.05, 4.69) is 12.2 Å². The molecule has 0 fully saturated rings. The highest BCUT2D eigenvalue weighted by Gasteiger charge is 2.27. The number of hydrogen-bond acceptors (Lipinski definition) is 2. The highest BCUT2D eigenvalue weighted by atomic mass is 16.6. The fourth-order valence-corrected chi connectivity index (χ4v) is 2.47. The SMILES string of the molecule is CC(C)(C)OC(=O)N(Cc1ccccc1)C1C=CCCC1. The van der Waals surface area contributed by atoms with E-state index in [-0.39, 0.29) is 12.1 Å². The molecule has 0 spiro atoms. The monoisotopic (exact) mass is 287 g/mol. The maximum atomic E-state index is 12.5. The van der Waals surface area contributed by atoms with E-state index < -0.39 is 5.60 Å². The lowest BCUT2D eigenvalue weighted by Crippen LogP contribution is -2.42. The molecule has 1 aromatic rings. The third-order valence-corrected chi connectivity index (χ3v) is 3.45. The molecule has 0 bridgehead atoms. The maximum Gasteiger partial charge on any atom is 0.411 e. The third kappa shape index (κ3) is 4.92. The molecule has 0 aromatic heterocycles. The van der Waals surface area contributed by atoms with Gasteiger partial charge in [-0.1, -0.05) is 42.5 Å². The zero-order valence-corrected chi connectivity index (χ0v) is 13.2. The standard InChI is InChI=1S/C18H25NO2/c1-18(2,3)21-17(20)19(16-12-8-5-9-13-16)14-15-10-6-4-7-11-15/h4,6-8,10-12,16H,5,9,13-14H2,1-3H3. The Morgan fingerprint density at radius 3 is 2.57 bits per heavy atom. The summed E-state index contributed by atoms with van der Waals surface area (Å²) in [5.41, 5.74) is 0.659. The van der Waals surface area contributed by atoms with Crippen LogP contribution in [0, 0.1) is 0 Å². The Morgan fingerprint density at radius 1 is 1.29 bits per heavy atom. The number of carbonyl (C=O) groups is 1. The Bertz CT molecular complexity index is 488. The van der Waals surface area contributed by atoms with E-state index in [1.807, 2.05) is 56.0 Å². The van der Waals surface area contributed by atoms with E-state index in [0.29, 0.717) is 6.54 Å². The lowest BCUT2D eigenvalue weighted by atomic mass is 10.0. The first-order valence-electron chi connectivity index (χ1n) is 7.66. The molecule has 1 unspecified atom stereocenters. The molecule has 1 aliphatic rings. The van der Waals surface area contributed by atoms with Crippen LogP contribution in [0.1, 0.15) is 45.6 Å². The lowest BCUT2D eigenvalue weighted by molar-refractivity contribution is 0.0169. The van der Waals surface area contributed by atoms with E-state index in [4.69, 9.17) is 4.74 Å².